The van der Waals surface area contributed by atoms with Crippen LogP contribution in [0.5, 0.6) is 0 Å². The Hall–Kier alpha value is -0.610. The van der Waals surface area contributed by atoms with Crippen molar-refractivity contribution in [3.63, 3.8) is 0 Å². The van der Waals surface area contributed by atoms with Gasteiger partial charge in [-0.2, -0.15) is 0 Å². The van der Waals surface area contributed by atoms with Gasteiger partial charge in [0.2, 0.25) is 5.91 Å². The molecule has 4 nitrogen and oxygen atoms in total. The molecule has 1 fully saturated rings. The van der Waals surface area contributed by atoms with Gasteiger partial charge in [0.25, 0.3) is 0 Å². The third kappa shape index (κ3) is 5.11. The number of amides is 1. The topological polar surface area (TPSA) is 52.6 Å². The standard InChI is InChI=1S/C15H30N2O2/c1-12(2)15(4,19)11-16-14(18)13(3)17-9-7-5-6-8-10-17/h12-13,19H,5-11H2,1-4H3,(H,16,18). The van der Waals surface area contributed by atoms with Crippen LogP contribution in [0.2, 0.25) is 0 Å². The van der Waals surface area contributed by atoms with Crippen LogP contribution >= 0.6 is 0 Å². The van der Waals surface area contributed by atoms with Gasteiger partial charge in [0.15, 0.2) is 0 Å². The van der Waals surface area contributed by atoms with Crippen LogP contribution in [0, 0.1) is 5.92 Å². The Morgan fingerprint density at radius 3 is 2.21 bits per heavy atom. The summed E-state index contributed by atoms with van der Waals surface area (Å²) in [6, 6.07) is -0.0962. The Kier molecular flexibility index (Phi) is 6.27. The first-order chi connectivity index (χ1) is 8.84. The van der Waals surface area contributed by atoms with Crippen LogP contribution in [-0.4, -0.2) is 47.2 Å². The average Bonchev–Trinajstić information content (AvgIpc) is 2.63. The summed E-state index contributed by atoms with van der Waals surface area (Å²) in [6.45, 7) is 10.0. The smallest absolute Gasteiger partial charge is 0.237 e. The van der Waals surface area contributed by atoms with E-state index < -0.39 is 5.60 Å². The molecule has 1 aliphatic rings. The van der Waals surface area contributed by atoms with Gasteiger partial charge in [-0.1, -0.05) is 26.7 Å². The Morgan fingerprint density at radius 1 is 1.21 bits per heavy atom. The Morgan fingerprint density at radius 2 is 1.74 bits per heavy atom. The minimum absolute atomic E-state index is 0.0304. The highest BCUT2D eigenvalue weighted by atomic mass is 16.3. The van der Waals surface area contributed by atoms with Gasteiger partial charge in [0, 0.05) is 6.54 Å². The van der Waals surface area contributed by atoms with Crippen LogP contribution in [0.1, 0.15) is 53.4 Å². The third-order valence-electron chi connectivity index (χ3n) is 4.43. The summed E-state index contributed by atoms with van der Waals surface area (Å²) in [5.74, 6) is 0.157. The number of hydrogen-bond donors (Lipinski definition) is 2. The highest BCUT2D eigenvalue weighted by Crippen LogP contribution is 2.15. The molecule has 1 heterocycles. The fourth-order valence-corrected chi connectivity index (χ4v) is 2.27. The zero-order chi connectivity index (χ0) is 14.5. The summed E-state index contributed by atoms with van der Waals surface area (Å²) in [4.78, 5) is 14.4. The zero-order valence-electron chi connectivity index (χ0n) is 12.9. The van der Waals surface area contributed by atoms with E-state index in [9.17, 15) is 9.90 Å². The van der Waals surface area contributed by atoms with Gasteiger partial charge in [-0.15, -0.1) is 0 Å². The van der Waals surface area contributed by atoms with Crippen molar-refractivity contribution >= 4 is 5.91 Å². The molecule has 1 amide bonds. The predicted molar refractivity (Wildman–Crippen MR) is 78.0 cm³/mol. The largest absolute Gasteiger partial charge is 0.388 e. The van der Waals surface area contributed by atoms with Crippen molar-refractivity contribution in [3.8, 4) is 0 Å². The van der Waals surface area contributed by atoms with Crippen LogP contribution in [0.25, 0.3) is 0 Å². The van der Waals surface area contributed by atoms with Crippen LogP contribution < -0.4 is 5.32 Å². The average molecular weight is 270 g/mol. The first kappa shape index (κ1) is 16.4. The Bertz CT molecular complexity index is 282. The van der Waals surface area contributed by atoms with Crippen LogP contribution in [0.3, 0.4) is 0 Å². The van der Waals surface area contributed by atoms with Crippen molar-refractivity contribution in [1.82, 2.24) is 10.2 Å². The quantitative estimate of drug-likeness (QED) is 0.800. The molecule has 2 N–H and O–H groups in total. The lowest BCUT2D eigenvalue weighted by Crippen LogP contribution is -2.50. The lowest BCUT2D eigenvalue weighted by molar-refractivity contribution is -0.127. The molecule has 0 radical (unpaired) electrons. The second-order valence-electron chi connectivity index (χ2n) is 6.36. The first-order valence-corrected chi connectivity index (χ1v) is 7.58. The number of hydrogen-bond acceptors (Lipinski definition) is 3. The second kappa shape index (κ2) is 7.25. The molecule has 0 aliphatic carbocycles. The molecular weight excluding hydrogens is 240 g/mol. The molecule has 0 aromatic heterocycles. The predicted octanol–water partition coefficient (Wildman–Crippen LogP) is 1.77. The molecule has 4 heteroatoms. The summed E-state index contributed by atoms with van der Waals surface area (Å²) in [5, 5.41) is 13.0. The number of nitrogens with zero attached hydrogens (tertiary/aromatic N) is 1. The van der Waals surface area contributed by atoms with E-state index in [2.05, 4.69) is 10.2 Å². The number of carbonyl (C=O) groups is 1. The van der Waals surface area contributed by atoms with Gasteiger partial charge in [-0.3, -0.25) is 9.69 Å². The number of rotatable bonds is 5. The third-order valence-corrected chi connectivity index (χ3v) is 4.43. The summed E-state index contributed by atoms with van der Waals surface area (Å²) < 4.78 is 0. The molecule has 0 aromatic rings. The fraction of sp³-hybridized carbons (Fsp3) is 0.933. The summed E-state index contributed by atoms with van der Waals surface area (Å²) in [7, 11) is 0. The van der Waals surface area contributed by atoms with E-state index in [1.165, 1.54) is 25.7 Å². The maximum Gasteiger partial charge on any atom is 0.237 e. The maximum atomic E-state index is 12.2. The minimum Gasteiger partial charge on any atom is -0.388 e. The van der Waals surface area contributed by atoms with E-state index in [0.717, 1.165) is 13.1 Å². The highest BCUT2D eigenvalue weighted by molar-refractivity contribution is 5.81. The normalized spacial score (nSPS) is 22.6. The molecule has 2 atom stereocenters. The number of likely N-dealkylation sites (tertiary alicyclic amines) is 1. The summed E-state index contributed by atoms with van der Waals surface area (Å²) in [5.41, 5.74) is -0.839. The molecule has 2 unspecified atom stereocenters. The van der Waals surface area contributed by atoms with Gasteiger partial charge in [-0.05, 0) is 45.7 Å². The molecule has 0 saturated carbocycles. The highest BCUT2D eigenvalue weighted by Gasteiger charge is 2.28. The number of aliphatic hydroxyl groups is 1. The first-order valence-electron chi connectivity index (χ1n) is 7.58. The van der Waals surface area contributed by atoms with Crippen molar-refractivity contribution in [2.24, 2.45) is 5.92 Å². The molecule has 0 aromatic carbocycles. The lowest BCUT2D eigenvalue weighted by Gasteiger charge is -2.31. The fourth-order valence-electron chi connectivity index (χ4n) is 2.27. The van der Waals surface area contributed by atoms with E-state index in [1.54, 1.807) is 6.92 Å². The van der Waals surface area contributed by atoms with E-state index in [0.29, 0.717) is 6.54 Å². The van der Waals surface area contributed by atoms with Gasteiger partial charge < -0.3 is 10.4 Å². The van der Waals surface area contributed by atoms with Crippen molar-refractivity contribution < 1.29 is 9.90 Å². The van der Waals surface area contributed by atoms with E-state index in [1.807, 2.05) is 20.8 Å². The van der Waals surface area contributed by atoms with E-state index in [-0.39, 0.29) is 17.9 Å². The Labute approximate surface area is 117 Å². The molecule has 1 rings (SSSR count). The molecule has 0 bridgehead atoms. The molecule has 112 valence electrons. The van der Waals surface area contributed by atoms with Crippen LogP contribution in [0.15, 0.2) is 0 Å². The van der Waals surface area contributed by atoms with Crippen LogP contribution in [0.4, 0.5) is 0 Å². The van der Waals surface area contributed by atoms with Crippen LogP contribution in [-0.2, 0) is 4.79 Å². The SMILES string of the molecule is CC(C(=O)NCC(C)(O)C(C)C)N1CCCCCC1. The Balaban J connectivity index is 2.43. The molecular formula is C15H30N2O2. The summed E-state index contributed by atoms with van der Waals surface area (Å²) >= 11 is 0. The zero-order valence-corrected chi connectivity index (χ0v) is 12.9. The van der Waals surface area contributed by atoms with Crippen molar-refractivity contribution in [1.29, 1.82) is 0 Å². The molecule has 1 aliphatic heterocycles. The lowest BCUT2D eigenvalue weighted by atomic mass is 9.92. The molecule has 0 spiro atoms. The minimum atomic E-state index is -0.839. The van der Waals surface area contributed by atoms with Gasteiger partial charge in [-0.25, -0.2) is 0 Å². The monoisotopic (exact) mass is 270 g/mol. The maximum absolute atomic E-state index is 12.2. The van der Waals surface area contributed by atoms with Crippen molar-refractivity contribution in [2.45, 2.75) is 65.0 Å². The van der Waals surface area contributed by atoms with Gasteiger partial charge >= 0.3 is 0 Å². The van der Waals surface area contributed by atoms with E-state index in [4.69, 9.17) is 0 Å². The van der Waals surface area contributed by atoms with E-state index >= 15 is 0 Å². The summed E-state index contributed by atoms with van der Waals surface area (Å²) in [6.07, 6.45) is 4.91. The van der Waals surface area contributed by atoms with Crippen molar-refractivity contribution in [2.75, 3.05) is 19.6 Å². The van der Waals surface area contributed by atoms with Crippen molar-refractivity contribution in [3.05, 3.63) is 0 Å². The molecule has 19 heavy (non-hydrogen) atoms. The van der Waals surface area contributed by atoms with Gasteiger partial charge in [0.1, 0.15) is 0 Å². The number of nitrogens with one attached hydrogen (secondary N) is 1. The van der Waals surface area contributed by atoms with Gasteiger partial charge in [0.05, 0.1) is 11.6 Å². The second-order valence-corrected chi connectivity index (χ2v) is 6.36. The molecule has 1 saturated heterocycles. The number of carbonyl (C=O) groups excluding carboxylic acids is 1.